The highest BCUT2D eigenvalue weighted by atomic mass is 16.3. The number of aromatic nitrogens is 2. The van der Waals surface area contributed by atoms with Gasteiger partial charge in [0.15, 0.2) is 0 Å². The highest BCUT2D eigenvalue weighted by molar-refractivity contribution is 6.26. The Kier molecular flexibility index (Phi) is 5.38. The number of hydrogen-bond acceptors (Lipinski definition) is 1. The number of hydrogen-bond donors (Lipinski definition) is 0. The van der Waals surface area contributed by atoms with Gasteiger partial charge in [0.2, 0.25) is 0 Å². The van der Waals surface area contributed by atoms with Gasteiger partial charge in [-0.15, -0.1) is 0 Å². The molecule has 3 aromatic heterocycles. The Labute approximate surface area is 281 Å². The number of benzene rings is 8. The van der Waals surface area contributed by atoms with Crippen LogP contribution in [0.25, 0.3) is 98.8 Å². The molecule has 0 aliphatic carbocycles. The van der Waals surface area contributed by atoms with Gasteiger partial charge in [-0.2, -0.15) is 0 Å². The molecular weight excluding hydrogens is 597 g/mol. The molecule has 8 aromatic carbocycles. The SMILES string of the molecule is c1ccc2cc(-c3ccc(-n4c5ccccc5c5ccc6c(c7ccccc7n6-c6cccc7oc8ccccc8c67)c54)cc3)ccc2c1. The van der Waals surface area contributed by atoms with Crippen molar-refractivity contribution in [3.05, 3.63) is 170 Å². The Balaban J connectivity index is 1.21. The number of fused-ring (bicyclic) bond motifs is 11. The molecule has 0 saturated carbocycles. The lowest BCUT2D eigenvalue weighted by Gasteiger charge is -2.12. The van der Waals surface area contributed by atoms with Gasteiger partial charge in [0.1, 0.15) is 11.2 Å². The first-order valence-electron chi connectivity index (χ1n) is 16.8. The van der Waals surface area contributed by atoms with E-state index < -0.39 is 0 Å². The van der Waals surface area contributed by atoms with Crippen molar-refractivity contribution in [2.45, 2.75) is 0 Å². The zero-order valence-corrected chi connectivity index (χ0v) is 26.5. The summed E-state index contributed by atoms with van der Waals surface area (Å²) in [6.45, 7) is 0. The van der Waals surface area contributed by atoms with Gasteiger partial charge in [-0.3, -0.25) is 0 Å². The number of nitrogens with zero attached hydrogens (tertiary/aromatic N) is 2. The summed E-state index contributed by atoms with van der Waals surface area (Å²) >= 11 is 0. The van der Waals surface area contributed by atoms with E-state index >= 15 is 0 Å². The molecule has 0 radical (unpaired) electrons. The molecule has 0 atom stereocenters. The minimum Gasteiger partial charge on any atom is -0.456 e. The van der Waals surface area contributed by atoms with Crippen molar-refractivity contribution in [1.29, 1.82) is 0 Å². The van der Waals surface area contributed by atoms with Crippen LogP contribution in [0.4, 0.5) is 0 Å². The van der Waals surface area contributed by atoms with Crippen LogP contribution < -0.4 is 0 Å². The van der Waals surface area contributed by atoms with Crippen LogP contribution in [0.15, 0.2) is 174 Å². The van der Waals surface area contributed by atoms with Crippen molar-refractivity contribution in [1.82, 2.24) is 9.13 Å². The van der Waals surface area contributed by atoms with Crippen molar-refractivity contribution in [3.8, 4) is 22.5 Å². The topological polar surface area (TPSA) is 23.0 Å². The molecule has 0 aliphatic heterocycles. The molecular formula is C46H28N2O. The van der Waals surface area contributed by atoms with Crippen molar-refractivity contribution in [3.63, 3.8) is 0 Å². The summed E-state index contributed by atoms with van der Waals surface area (Å²) in [7, 11) is 0. The Morgan fingerprint density at radius 3 is 1.90 bits per heavy atom. The molecule has 0 aliphatic rings. The molecule has 0 N–H and O–H groups in total. The molecule has 0 spiro atoms. The van der Waals surface area contributed by atoms with E-state index in [1.165, 1.54) is 65.5 Å². The molecule has 228 valence electrons. The van der Waals surface area contributed by atoms with Crippen LogP contribution in [-0.4, -0.2) is 9.13 Å². The van der Waals surface area contributed by atoms with Crippen molar-refractivity contribution < 1.29 is 4.42 Å². The van der Waals surface area contributed by atoms with Crippen LogP contribution in [0, 0.1) is 0 Å². The van der Waals surface area contributed by atoms with Gasteiger partial charge in [0.05, 0.1) is 33.1 Å². The van der Waals surface area contributed by atoms with E-state index in [1.54, 1.807) is 0 Å². The van der Waals surface area contributed by atoms with Crippen LogP contribution in [0.2, 0.25) is 0 Å². The van der Waals surface area contributed by atoms with Crippen molar-refractivity contribution in [2.75, 3.05) is 0 Å². The van der Waals surface area contributed by atoms with Gasteiger partial charge in [-0.05, 0) is 76.5 Å². The first-order chi connectivity index (χ1) is 24.3. The summed E-state index contributed by atoms with van der Waals surface area (Å²) in [6, 6.07) is 61.3. The van der Waals surface area contributed by atoms with E-state index in [9.17, 15) is 0 Å². The first kappa shape index (κ1) is 26.5. The van der Waals surface area contributed by atoms with Gasteiger partial charge in [-0.25, -0.2) is 0 Å². The summed E-state index contributed by atoms with van der Waals surface area (Å²) < 4.78 is 11.2. The normalized spacial score (nSPS) is 12.1. The van der Waals surface area contributed by atoms with Gasteiger partial charge in [-0.1, -0.05) is 115 Å². The standard InChI is InChI=1S/C46H28N2O/c1-2-11-31-28-32(21-20-29(31)10-1)30-22-24-33(25-23-30)47-38-15-6-3-12-34(38)35-26-27-41-45(46(35)47)36-13-4-7-16-39(36)48(41)40-17-9-19-43-44(40)37-14-5-8-18-42(37)49-43/h1-28H. The molecule has 0 unspecified atom stereocenters. The molecule has 0 saturated heterocycles. The van der Waals surface area contributed by atoms with Gasteiger partial charge in [0, 0.05) is 32.6 Å². The second kappa shape index (κ2) is 9.96. The quantitative estimate of drug-likeness (QED) is 0.192. The molecule has 11 rings (SSSR count). The average molecular weight is 625 g/mol. The summed E-state index contributed by atoms with van der Waals surface area (Å²) in [5, 5.41) is 9.73. The van der Waals surface area contributed by atoms with Gasteiger partial charge >= 0.3 is 0 Å². The molecule has 0 amide bonds. The highest BCUT2D eigenvalue weighted by Gasteiger charge is 2.22. The van der Waals surface area contributed by atoms with Crippen LogP contribution in [-0.2, 0) is 0 Å². The fourth-order valence-electron chi connectivity index (χ4n) is 8.15. The van der Waals surface area contributed by atoms with Crippen LogP contribution in [0.1, 0.15) is 0 Å². The zero-order chi connectivity index (χ0) is 32.1. The van der Waals surface area contributed by atoms with Crippen molar-refractivity contribution >= 4 is 76.3 Å². The molecule has 0 bridgehead atoms. The summed E-state index contributed by atoms with van der Waals surface area (Å²) in [4.78, 5) is 0. The van der Waals surface area contributed by atoms with E-state index in [-0.39, 0.29) is 0 Å². The molecule has 3 heteroatoms. The summed E-state index contributed by atoms with van der Waals surface area (Å²) in [5.74, 6) is 0. The molecule has 0 fully saturated rings. The van der Waals surface area contributed by atoms with Gasteiger partial charge < -0.3 is 13.6 Å². The Morgan fingerprint density at radius 1 is 0.367 bits per heavy atom. The Hall–Kier alpha value is -6.58. The largest absolute Gasteiger partial charge is 0.456 e. The van der Waals surface area contributed by atoms with Gasteiger partial charge in [0.25, 0.3) is 0 Å². The Morgan fingerprint density at radius 2 is 1.04 bits per heavy atom. The maximum absolute atomic E-state index is 6.35. The lowest BCUT2D eigenvalue weighted by atomic mass is 10.0. The molecule has 49 heavy (non-hydrogen) atoms. The summed E-state index contributed by atoms with van der Waals surface area (Å²) in [5.41, 5.74) is 11.2. The number of para-hydroxylation sites is 3. The van der Waals surface area contributed by atoms with E-state index in [4.69, 9.17) is 4.42 Å². The number of furan rings is 1. The maximum Gasteiger partial charge on any atom is 0.137 e. The highest BCUT2D eigenvalue weighted by Crippen LogP contribution is 2.44. The van der Waals surface area contributed by atoms with E-state index in [0.29, 0.717) is 0 Å². The van der Waals surface area contributed by atoms with E-state index in [2.05, 4.69) is 173 Å². The fourth-order valence-corrected chi connectivity index (χ4v) is 8.15. The second-order valence-corrected chi connectivity index (χ2v) is 12.9. The monoisotopic (exact) mass is 624 g/mol. The predicted molar refractivity (Wildman–Crippen MR) is 205 cm³/mol. The predicted octanol–water partition coefficient (Wildman–Crippen LogP) is 12.6. The van der Waals surface area contributed by atoms with Crippen molar-refractivity contribution in [2.24, 2.45) is 0 Å². The van der Waals surface area contributed by atoms with Crippen LogP contribution >= 0.6 is 0 Å². The third-order valence-electron chi connectivity index (χ3n) is 10.3. The zero-order valence-electron chi connectivity index (χ0n) is 26.5. The molecule has 11 aromatic rings. The number of rotatable bonds is 3. The maximum atomic E-state index is 6.35. The van der Waals surface area contributed by atoms with Crippen LogP contribution in [0.5, 0.6) is 0 Å². The van der Waals surface area contributed by atoms with Crippen LogP contribution in [0.3, 0.4) is 0 Å². The minimum atomic E-state index is 0.895. The summed E-state index contributed by atoms with van der Waals surface area (Å²) in [6.07, 6.45) is 0. The lowest BCUT2D eigenvalue weighted by Crippen LogP contribution is -1.96. The average Bonchev–Trinajstić information content (AvgIpc) is 3.82. The first-order valence-corrected chi connectivity index (χ1v) is 16.8. The molecule has 3 nitrogen and oxygen atoms in total. The minimum absolute atomic E-state index is 0.895. The lowest BCUT2D eigenvalue weighted by molar-refractivity contribution is 0.669. The second-order valence-electron chi connectivity index (χ2n) is 12.9. The van der Waals surface area contributed by atoms with E-state index in [0.717, 1.165) is 33.3 Å². The smallest absolute Gasteiger partial charge is 0.137 e. The fraction of sp³-hybridized carbons (Fsp3) is 0. The van der Waals surface area contributed by atoms with E-state index in [1.807, 2.05) is 6.07 Å². The third-order valence-corrected chi connectivity index (χ3v) is 10.3. The third kappa shape index (κ3) is 3.73. The Bertz CT molecular complexity index is 3100. The molecule has 3 heterocycles.